The Kier molecular flexibility index (Phi) is 9.39. The second-order valence-corrected chi connectivity index (χ2v) is 11.7. The molecule has 2 aliphatic rings. The number of anilines is 1. The van der Waals surface area contributed by atoms with E-state index in [1.807, 2.05) is 103 Å². The van der Waals surface area contributed by atoms with Gasteiger partial charge in [0.25, 0.3) is 0 Å². The van der Waals surface area contributed by atoms with Gasteiger partial charge in [0.1, 0.15) is 12.2 Å². The van der Waals surface area contributed by atoms with Crippen molar-refractivity contribution in [1.29, 1.82) is 0 Å². The molecule has 4 aromatic rings. The van der Waals surface area contributed by atoms with Crippen molar-refractivity contribution < 1.29 is 14.4 Å². The van der Waals surface area contributed by atoms with Crippen molar-refractivity contribution in [1.82, 2.24) is 25.1 Å². The molecule has 2 fully saturated rings. The lowest BCUT2D eigenvalue weighted by Gasteiger charge is -2.54. The van der Waals surface area contributed by atoms with Gasteiger partial charge in [-0.1, -0.05) is 92.4 Å². The second kappa shape index (κ2) is 13.4. The molecule has 0 unspecified atom stereocenters. The van der Waals surface area contributed by atoms with Crippen LogP contribution in [0.25, 0.3) is 10.8 Å². The molecule has 1 N–H and O–H groups in total. The average Bonchev–Trinajstić information content (AvgIpc) is 3.02. The zero-order valence-corrected chi connectivity index (χ0v) is 25.4. The first-order chi connectivity index (χ1) is 21.3. The van der Waals surface area contributed by atoms with Crippen LogP contribution in [-0.4, -0.2) is 84.1 Å². The number of rotatable bonds is 7. The van der Waals surface area contributed by atoms with Gasteiger partial charge in [-0.15, -0.1) is 0 Å². The Morgan fingerprint density at radius 3 is 2.29 bits per heavy atom. The summed E-state index contributed by atoms with van der Waals surface area (Å²) >= 11 is 0. The van der Waals surface area contributed by atoms with Crippen molar-refractivity contribution in [2.24, 2.45) is 0 Å². The van der Waals surface area contributed by atoms with Crippen LogP contribution in [-0.2, 0) is 29.1 Å². The number of likely N-dealkylation sites (N-methyl/N-ethyl adjacent to an activating group) is 1. The highest BCUT2D eigenvalue weighted by Crippen LogP contribution is 2.30. The van der Waals surface area contributed by atoms with Crippen molar-refractivity contribution >= 4 is 34.3 Å². The van der Waals surface area contributed by atoms with E-state index < -0.39 is 12.2 Å². The number of piperazine rings is 1. The Labute approximate surface area is 265 Å². The SMILES string of the molecule is C.CN(C)c1ccc(C[C@H]2C(=O)N(Cc3cccc4ccccc34)C[C@H]3N2C(=O)CN(C)N3C(=O)NCc2ccccc2)cc1. The fourth-order valence-electron chi connectivity index (χ4n) is 6.29. The third-order valence-electron chi connectivity index (χ3n) is 8.56. The lowest BCUT2D eigenvalue weighted by molar-refractivity contribution is -0.187. The van der Waals surface area contributed by atoms with Gasteiger partial charge in [-0.25, -0.2) is 14.8 Å². The first kappa shape index (κ1) is 31.5. The van der Waals surface area contributed by atoms with Crippen LogP contribution in [0.4, 0.5) is 10.5 Å². The number of amides is 4. The number of hydrogen-bond donors (Lipinski definition) is 1. The van der Waals surface area contributed by atoms with E-state index in [0.29, 0.717) is 19.5 Å². The third-order valence-corrected chi connectivity index (χ3v) is 8.56. The number of benzene rings is 4. The van der Waals surface area contributed by atoms with E-state index in [1.54, 1.807) is 22.0 Å². The lowest BCUT2D eigenvalue weighted by atomic mass is 9.97. The molecule has 0 aliphatic carbocycles. The molecule has 4 amide bonds. The minimum absolute atomic E-state index is 0. The lowest BCUT2D eigenvalue weighted by Crippen LogP contribution is -2.76. The Balaban J connectivity index is 0.00000400. The van der Waals surface area contributed by atoms with Crippen LogP contribution in [0.15, 0.2) is 97.1 Å². The van der Waals surface area contributed by atoms with Crippen molar-refractivity contribution in [2.75, 3.05) is 39.1 Å². The molecule has 2 saturated heterocycles. The Morgan fingerprint density at radius 1 is 0.867 bits per heavy atom. The molecule has 4 aromatic carbocycles. The normalized spacial score (nSPS) is 18.4. The van der Waals surface area contributed by atoms with Crippen molar-refractivity contribution in [3.05, 3.63) is 114 Å². The van der Waals surface area contributed by atoms with E-state index in [9.17, 15) is 14.4 Å². The van der Waals surface area contributed by atoms with Gasteiger partial charge in [0.2, 0.25) is 11.8 Å². The van der Waals surface area contributed by atoms with Crippen LogP contribution < -0.4 is 10.2 Å². The summed E-state index contributed by atoms with van der Waals surface area (Å²) in [5.74, 6) is -0.286. The van der Waals surface area contributed by atoms with E-state index in [2.05, 4.69) is 23.5 Å². The van der Waals surface area contributed by atoms with E-state index in [-0.39, 0.29) is 38.4 Å². The number of nitrogens with one attached hydrogen (secondary N) is 1. The molecule has 6 rings (SSSR count). The van der Waals surface area contributed by atoms with Crippen LogP contribution in [0.5, 0.6) is 0 Å². The fourth-order valence-corrected chi connectivity index (χ4v) is 6.29. The maximum Gasteiger partial charge on any atom is 0.334 e. The fraction of sp³-hybridized carbons (Fsp3) is 0.306. The zero-order valence-electron chi connectivity index (χ0n) is 25.4. The Morgan fingerprint density at radius 2 is 1.56 bits per heavy atom. The predicted octanol–water partition coefficient (Wildman–Crippen LogP) is 4.72. The summed E-state index contributed by atoms with van der Waals surface area (Å²) in [6.07, 6.45) is -0.306. The zero-order chi connectivity index (χ0) is 30.8. The molecule has 2 atom stereocenters. The molecule has 2 heterocycles. The van der Waals surface area contributed by atoms with Gasteiger partial charge in [0.15, 0.2) is 0 Å². The molecule has 0 radical (unpaired) electrons. The van der Waals surface area contributed by atoms with E-state index in [0.717, 1.165) is 33.2 Å². The van der Waals surface area contributed by atoms with E-state index in [4.69, 9.17) is 0 Å². The highest BCUT2D eigenvalue weighted by molar-refractivity contribution is 5.92. The van der Waals surface area contributed by atoms with E-state index in [1.165, 1.54) is 0 Å². The van der Waals surface area contributed by atoms with Crippen molar-refractivity contribution in [3.8, 4) is 0 Å². The molecule has 9 heteroatoms. The quantitative estimate of drug-likeness (QED) is 0.330. The van der Waals surface area contributed by atoms with Crippen LogP contribution in [0, 0.1) is 0 Å². The summed E-state index contributed by atoms with van der Waals surface area (Å²) in [5.41, 5.74) is 4.00. The topological polar surface area (TPSA) is 79.4 Å². The van der Waals surface area contributed by atoms with Crippen molar-refractivity contribution in [3.63, 3.8) is 0 Å². The van der Waals surface area contributed by atoms with E-state index >= 15 is 0 Å². The number of hydrazine groups is 1. The highest BCUT2D eigenvalue weighted by atomic mass is 16.2. The number of urea groups is 1. The van der Waals surface area contributed by atoms with Crippen LogP contribution in [0.2, 0.25) is 0 Å². The largest absolute Gasteiger partial charge is 0.378 e. The molecule has 45 heavy (non-hydrogen) atoms. The van der Waals surface area contributed by atoms with Crippen LogP contribution in [0.3, 0.4) is 0 Å². The third kappa shape index (κ3) is 6.49. The highest BCUT2D eigenvalue weighted by Gasteiger charge is 2.50. The molecule has 2 aliphatic heterocycles. The standard InChI is InChI=1S/C35H38N6O3.CH4/c1-37(2)29-18-16-25(17-19-29)20-31-34(43)39(22-28-14-9-13-27-12-7-8-15-30(27)28)23-32-40(31)33(42)24-38(3)41(32)35(44)36-21-26-10-5-4-6-11-26;/h4-19,31-32H,20-24H2,1-3H3,(H,36,44);1H4/t31-,32-;/m0./s1. The summed E-state index contributed by atoms with van der Waals surface area (Å²) in [6.45, 7) is 0.928. The van der Waals surface area contributed by atoms with Crippen molar-refractivity contribution in [2.45, 2.75) is 39.1 Å². The summed E-state index contributed by atoms with van der Waals surface area (Å²) in [5, 5.41) is 8.48. The molecular formula is C36H42N6O3. The van der Waals surface area contributed by atoms with Gasteiger partial charge in [0.05, 0.1) is 13.1 Å². The van der Waals surface area contributed by atoms with Gasteiger partial charge < -0.3 is 20.0 Å². The summed E-state index contributed by atoms with van der Waals surface area (Å²) in [4.78, 5) is 47.2. The molecule has 0 aromatic heterocycles. The van der Waals surface area contributed by atoms with Crippen LogP contribution >= 0.6 is 0 Å². The first-order valence-electron chi connectivity index (χ1n) is 14.9. The number of carbonyl (C=O) groups is 3. The number of carbonyl (C=O) groups excluding carboxylic acids is 3. The van der Waals surface area contributed by atoms with Gasteiger partial charge in [-0.05, 0) is 39.6 Å². The number of hydrogen-bond acceptors (Lipinski definition) is 5. The molecule has 0 spiro atoms. The molecule has 0 bridgehead atoms. The Hall–Kier alpha value is -4.89. The number of fused-ring (bicyclic) bond motifs is 2. The maximum atomic E-state index is 14.3. The molecule has 0 saturated carbocycles. The summed E-state index contributed by atoms with van der Waals surface area (Å²) in [6, 6.07) is 30.9. The summed E-state index contributed by atoms with van der Waals surface area (Å²) in [7, 11) is 5.71. The Bertz CT molecular complexity index is 1650. The minimum Gasteiger partial charge on any atom is -0.378 e. The van der Waals surface area contributed by atoms with Gasteiger partial charge >= 0.3 is 6.03 Å². The maximum absolute atomic E-state index is 14.3. The van der Waals surface area contributed by atoms with Gasteiger partial charge in [-0.2, -0.15) is 0 Å². The first-order valence-corrected chi connectivity index (χ1v) is 14.9. The predicted molar refractivity (Wildman–Crippen MR) is 178 cm³/mol. The molecular weight excluding hydrogens is 564 g/mol. The van der Waals surface area contributed by atoms with Gasteiger partial charge in [-0.3, -0.25) is 9.59 Å². The second-order valence-electron chi connectivity index (χ2n) is 11.7. The number of nitrogens with zero attached hydrogens (tertiary/aromatic N) is 5. The average molecular weight is 607 g/mol. The minimum atomic E-state index is -0.750. The summed E-state index contributed by atoms with van der Waals surface area (Å²) < 4.78 is 0. The van der Waals surface area contributed by atoms with Gasteiger partial charge in [0, 0.05) is 46.3 Å². The smallest absolute Gasteiger partial charge is 0.334 e. The molecule has 9 nitrogen and oxygen atoms in total. The monoisotopic (exact) mass is 606 g/mol. The molecule has 234 valence electrons. The van der Waals surface area contributed by atoms with Crippen LogP contribution in [0.1, 0.15) is 24.1 Å².